The molecule has 9 unspecified atom stereocenters. The maximum absolute atomic E-state index is 2.92. The van der Waals surface area contributed by atoms with E-state index in [0.717, 1.165) is 41.4 Å². The van der Waals surface area contributed by atoms with Crippen LogP contribution in [0.4, 0.5) is 0 Å². The number of fused-ring (bicyclic) bond motifs is 15. The second kappa shape index (κ2) is 11.8. The van der Waals surface area contributed by atoms with Crippen LogP contribution >= 0.6 is 0 Å². The fourth-order valence-corrected chi connectivity index (χ4v) is 17.1. The largest absolute Gasteiger partial charge is 0.316 e. The number of aromatic nitrogens is 1. The first-order valence-corrected chi connectivity index (χ1v) is 25.0. The summed E-state index contributed by atoms with van der Waals surface area (Å²) in [6.45, 7) is 0. The average Bonchev–Trinajstić information content (AvgIpc) is 4.16. The molecule has 0 bridgehead atoms. The van der Waals surface area contributed by atoms with Gasteiger partial charge in [0.25, 0.3) is 0 Å². The van der Waals surface area contributed by atoms with Crippen molar-refractivity contribution in [3.05, 3.63) is 149 Å². The zero-order valence-electron chi connectivity index (χ0n) is 35.2. The highest BCUT2D eigenvalue weighted by Crippen LogP contribution is 2.69. The summed E-state index contributed by atoms with van der Waals surface area (Å²) in [4.78, 5) is 0. The first-order chi connectivity index (χ1) is 29.8. The minimum Gasteiger partial charge on any atom is -0.316 e. The minimum absolute atomic E-state index is 0.559. The molecule has 14 aliphatic rings. The van der Waals surface area contributed by atoms with Gasteiger partial charge in [0.2, 0.25) is 0 Å². The van der Waals surface area contributed by atoms with Gasteiger partial charge in [0.15, 0.2) is 0 Å². The van der Waals surface area contributed by atoms with Gasteiger partial charge in [0.05, 0.1) is 0 Å². The summed E-state index contributed by atoms with van der Waals surface area (Å²) in [7, 11) is 0. The smallest absolute Gasteiger partial charge is 0.0491 e. The third-order valence-corrected chi connectivity index (χ3v) is 19.4. The molecule has 16 rings (SSSR count). The molecule has 10 atom stereocenters. The van der Waals surface area contributed by atoms with Gasteiger partial charge in [0.1, 0.15) is 0 Å². The normalized spacial score (nSPS) is 37.6. The van der Waals surface area contributed by atoms with Gasteiger partial charge in [0, 0.05) is 45.3 Å². The van der Waals surface area contributed by atoms with Crippen molar-refractivity contribution in [2.45, 2.75) is 115 Å². The lowest BCUT2D eigenvalue weighted by atomic mass is 9.61. The molecule has 2 aromatic rings. The van der Waals surface area contributed by atoms with Gasteiger partial charge in [-0.15, -0.1) is 0 Å². The van der Waals surface area contributed by atoms with Gasteiger partial charge in [-0.05, 0) is 223 Å². The second-order valence-electron chi connectivity index (χ2n) is 21.8. The molecule has 3 fully saturated rings. The molecule has 0 aliphatic heterocycles. The van der Waals surface area contributed by atoms with Crippen LogP contribution in [0.25, 0.3) is 35.1 Å². The zero-order chi connectivity index (χ0) is 38.5. The van der Waals surface area contributed by atoms with Crippen molar-refractivity contribution in [3.63, 3.8) is 0 Å². The highest BCUT2D eigenvalue weighted by molar-refractivity contribution is 6.01. The van der Waals surface area contributed by atoms with Crippen LogP contribution in [-0.4, -0.2) is 4.57 Å². The summed E-state index contributed by atoms with van der Waals surface area (Å²) in [6, 6.07) is 9.41. The Hall–Kier alpha value is -4.36. The Bertz CT molecular complexity index is 2910. The van der Waals surface area contributed by atoms with Crippen LogP contribution in [0.3, 0.4) is 0 Å². The number of benzene rings is 1. The molecule has 0 N–H and O–H groups in total. The van der Waals surface area contributed by atoms with Crippen molar-refractivity contribution in [3.8, 4) is 0 Å². The lowest BCUT2D eigenvalue weighted by Crippen LogP contribution is -2.34. The molecule has 1 heterocycles. The lowest BCUT2D eigenvalue weighted by Gasteiger charge is -2.42. The van der Waals surface area contributed by atoms with Crippen molar-refractivity contribution >= 4 is 35.1 Å². The van der Waals surface area contributed by atoms with E-state index in [2.05, 4.69) is 83.5 Å². The number of allylic oxidation sites excluding steroid dienone is 19. The van der Waals surface area contributed by atoms with Gasteiger partial charge < -0.3 is 4.57 Å². The molecule has 0 spiro atoms. The van der Waals surface area contributed by atoms with E-state index in [0.29, 0.717) is 17.8 Å². The van der Waals surface area contributed by atoms with E-state index in [1.807, 2.05) is 5.57 Å². The summed E-state index contributed by atoms with van der Waals surface area (Å²) in [5.41, 5.74) is 29.1. The van der Waals surface area contributed by atoms with E-state index in [4.69, 9.17) is 0 Å². The second-order valence-corrected chi connectivity index (χ2v) is 21.8. The molecule has 60 heavy (non-hydrogen) atoms. The predicted octanol–water partition coefficient (Wildman–Crippen LogP) is 12.9. The Labute approximate surface area is 355 Å². The van der Waals surface area contributed by atoms with Gasteiger partial charge in [-0.2, -0.15) is 0 Å². The Morgan fingerprint density at radius 2 is 1.52 bits per heavy atom. The zero-order valence-corrected chi connectivity index (χ0v) is 35.2. The summed E-state index contributed by atoms with van der Waals surface area (Å²) >= 11 is 0. The molecule has 3 saturated carbocycles. The Morgan fingerprint density at radius 1 is 0.617 bits per heavy atom. The quantitative estimate of drug-likeness (QED) is 0.274. The minimum atomic E-state index is 0.559. The predicted molar refractivity (Wildman–Crippen MR) is 245 cm³/mol. The van der Waals surface area contributed by atoms with E-state index < -0.39 is 0 Å². The molecule has 1 aromatic heterocycles. The molecule has 0 saturated heterocycles. The van der Waals surface area contributed by atoms with Crippen molar-refractivity contribution in [1.29, 1.82) is 0 Å². The molecule has 0 amide bonds. The first-order valence-electron chi connectivity index (χ1n) is 25.0. The van der Waals surface area contributed by atoms with Gasteiger partial charge in [-0.1, -0.05) is 84.5 Å². The van der Waals surface area contributed by atoms with Crippen molar-refractivity contribution < 1.29 is 0 Å². The topological polar surface area (TPSA) is 4.93 Å². The van der Waals surface area contributed by atoms with E-state index in [9.17, 15) is 0 Å². The Kier molecular flexibility index (Phi) is 6.52. The number of rotatable bonds is 3. The number of hydrogen-bond donors (Lipinski definition) is 0. The fraction of sp³-hybridized carbons (Fsp3) is 0.458. The third kappa shape index (κ3) is 4.18. The van der Waals surface area contributed by atoms with Crippen molar-refractivity contribution in [1.82, 2.24) is 4.57 Å². The SMILES string of the molecule is C1=CC2C3=CC(C4=Cc5c(n(C6=C7CCC=C8C9=C(CCCC9)C(=C87)CC6)c6c5=CCCC=6)C5CC45)CC=C3C(C3CCC4=C5C(=CCCC53)c3ccccc34)[C@@H]2C2CC12. The summed E-state index contributed by atoms with van der Waals surface area (Å²) in [6.07, 6.45) is 46.5. The number of hydrogen-bond acceptors (Lipinski definition) is 0. The molecule has 1 aromatic carbocycles. The first kappa shape index (κ1) is 33.3. The monoisotopic (exact) mass is 779 g/mol. The summed E-state index contributed by atoms with van der Waals surface area (Å²) < 4.78 is 2.92. The van der Waals surface area contributed by atoms with Gasteiger partial charge >= 0.3 is 0 Å². The van der Waals surface area contributed by atoms with Crippen LogP contribution in [0.1, 0.15) is 137 Å². The molecule has 1 nitrogen and oxygen atoms in total. The molecule has 14 aliphatic carbocycles. The number of nitrogens with zero attached hydrogens (tertiary/aromatic N) is 1. The molecule has 1 heteroatoms. The molecule has 298 valence electrons. The molecular weight excluding hydrogens is 723 g/mol. The van der Waals surface area contributed by atoms with Crippen LogP contribution in [0.15, 0.2) is 116 Å². The van der Waals surface area contributed by atoms with Crippen LogP contribution in [-0.2, 0) is 0 Å². The summed E-state index contributed by atoms with van der Waals surface area (Å²) in [5.74, 6) is 7.46. The highest BCUT2D eigenvalue weighted by Gasteiger charge is 2.59. The molecule has 0 radical (unpaired) electrons. The van der Waals surface area contributed by atoms with Crippen LogP contribution in [0.5, 0.6) is 0 Å². The van der Waals surface area contributed by atoms with Gasteiger partial charge in [-0.3, -0.25) is 0 Å². The standard InChI is InChI=1S/C59H57N/c1-3-11-35-33(9-1)38-14-7-16-40-43(24-23-41(35)55(38)40)57-44-21-19-31(28-49(44)45-22-20-32-27-48(32)58(45)57)47-29-51-37-13-5-6-18-53(37)60(59(51)52-30-50(47)52)54-26-25-42-36-12-4-2-10-34(36)39-15-8-17-46(54)56(39)42/h1,3,9,11,13-15,18,20-22,28-29,31-32,40,43,45,48,50,52,57-58H,2,4-8,10,12,16-17,19,23-27,30H2/t31?,32?,40?,43?,45?,48?,50?,52?,57?,58-/m0/s1. The van der Waals surface area contributed by atoms with E-state index in [-0.39, 0.29) is 0 Å². The summed E-state index contributed by atoms with van der Waals surface area (Å²) in [5, 5.41) is 3.14. The maximum atomic E-state index is 2.92. The van der Waals surface area contributed by atoms with Gasteiger partial charge in [-0.25, -0.2) is 0 Å². The lowest BCUT2D eigenvalue weighted by molar-refractivity contribution is 0.172. The Morgan fingerprint density at radius 3 is 2.48 bits per heavy atom. The van der Waals surface area contributed by atoms with E-state index in [1.54, 1.807) is 100.0 Å². The van der Waals surface area contributed by atoms with Crippen molar-refractivity contribution in [2.75, 3.05) is 0 Å². The van der Waals surface area contributed by atoms with E-state index in [1.165, 1.54) is 109 Å². The maximum Gasteiger partial charge on any atom is 0.0491 e. The van der Waals surface area contributed by atoms with Crippen LogP contribution < -0.4 is 10.6 Å². The fourth-order valence-electron chi connectivity index (χ4n) is 17.1. The average molecular weight is 780 g/mol. The van der Waals surface area contributed by atoms with Crippen molar-refractivity contribution in [2.24, 2.45) is 53.3 Å². The van der Waals surface area contributed by atoms with Crippen LogP contribution in [0.2, 0.25) is 0 Å². The molecular formula is C59H57N. The Balaban J connectivity index is 0.784. The third-order valence-electron chi connectivity index (χ3n) is 19.4. The highest BCUT2D eigenvalue weighted by atomic mass is 15.0. The van der Waals surface area contributed by atoms with E-state index >= 15 is 0 Å². The van der Waals surface area contributed by atoms with Crippen LogP contribution in [0, 0.1) is 53.3 Å².